The number of nitrogens with one attached hydrogen (secondary N) is 1. The lowest BCUT2D eigenvalue weighted by atomic mass is 9.84. The van der Waals surface area contributed by atoms with E-state index in [1.807, 2.05) is 0 Å². The van der Waals surface area contributed by atoms with Crippen molar-refractivity contribution in [2.24, 2.45) is 17.8 Å². The zero-order valence-corrected chi connectivity index (χ0v) is 11.0. The van der Waals surface area contributed by atoms with Crippen molar-refractivity contribution in [1.29, 1.82) is 0 Å². The van der Waals surface area contributed by atoms with Gasteiger partial charge in [-0.1, -0.05) is 11.6 Å². The molecule has 0 aromatic carbocycles. The Bertz CT molecular complexity index is 454. The summed E-state index contributed by atoms with van der Waals surface area (Å²) < 4.78 is 4.93. The van der Waals surface area contributed by atoms with Crippen LogP contribution in [-0.2, 0) is 0 Å². The van der Waals surface area contributed by atoms with Crippen molar-refractivity contribution < 1.29 is 9.32 Å². The highest BCUT2D eigenvalue weighted by molar-refractivity contribution is 5.92. The molecule has 1 aromatic heterocycles. The van der Waals surface area contributed by atoms with Gasteiger partial charge >= 0.3 is 0 Å². The fourth-order valence-electron chi connectivity index (χ4n) is 3.77. The number of amides is 1. The van der Waals surface area contributed by atoms with Gasteiger partial charge in [0.05, 0.1) is 0 Å². The highest BCUT2D eigenvalue weighted by atomic mass is 16.5. The normalized spacial score (nSPS) is 31.6. The van der Waals surface area contributed by atoms with Crippen molar-refractivity contribution in [2.45, 2.75) is 45.6 Å². The first-order chi connectivity index (χ1) is 8.63. The van der Waals surface area contributed by atoms with Crippen LogP contribution in [0.2, 0.25) is 0 Å². The van der Waals surface area contributed by atoms with E-state index >= 15 is 0 Å². The number of aryl methyl sites for hydroxylation is 1. The van der Waals surface area contributed by atoms with E-state index in [0.717, 1.165) is 11.8 Å². The van der Waals surface area contributed by atoms with Crippen molar-refractivity contribution in [3.05, 3.63) is 17.5 Å². The van der Waals surface area contributed by atoms with Gasteiger partial charge in [-0.05, 0) is 50.9 Å². The number of carbonyl (C=O) groups excluding carboxylic acids is 1. The standard InChI is InChI=1S/C14H20N2O2/c1-8-5-13(16-18-8)14(17)15-9(2)12-7-10-3-4-11(12)6-10/h5,9-12H,3-4,6-7H2,1-2H3,(H,15,17)/t9-,10-,11-,12+/m0/s1. The molecule has 18 heavy (non-hydrogen) atoms. The summed E-state index contributed by atoms with van der Waals surface area (Å²) in [4.78, 5) is 12.0. The Balaban J connectivity index is 1.61. The third kappa shape index (κ3) is 2.04. The van der Waals surface area contributed by atoms with Crippen molar-refractivity contribution in [1.82, 2.24) is 10.5 Å². The molecule has 2 bridgehead atoms. The van der Waals surface area contributed by atoms with Crippen LogP contribution < -0.4 is 5.32 Å². The van der Waals surface area contributed by atoms with Crippen LogP contribution in [-0.4, -0.2) is 17.1 Å². The molecule has 1 aromatic rings. The molecular weight excluding hydrogens is 228 g/mol. The molecule has 2 aliphatic carbocycles. The highest BCUT2D eigenvalue weighted by Gasteiger charge is 2.42. The SMILES string of the molecule is Cc1cc(C(=O)N[C@@H](C)[C@H]2C[C@H]3CC[C@H]2C3)no1. The number of rotatable bonds is 3. The summed E-state index contributed by atoms with van der Waals surface area (Å²) in [7, 11) is 0. The van der Waals surface area contributed by atoms with Gasteiger partial charge in [0.15, 0.2) is 5.69 Å². The Morgan fingerprint density at radius 3 is 2.89 bits per heavy atom. The second kappa shape index (κ2) is 4.41. The molecule has 4 atom stereocenters. The molecule has 4 heteroatoms. The summed E-state index contributed by atoms with van der Waals surface area (Å²) in [5.74, 6) is 2.95. The lowest BCUT2D eigenvalue weighted by molar-refractivity contribution is 0.0906. The van der Waals surface area contributed by atoms with Gasteiger partial charge in [0.2, 0.25) is 0 Å². The first-order valence-corrected chi connectivity index (χ1v) is 6.87. The highest BCUT2D eigenvalue weighted by Crippen LogP contribution is 2.49. The molecule has 2 fully saturated rings. The van der Waals surface area contributed by atoms with Crippen molar-refractivity contribution >= 4 is 5.91 Å². The first-order valence-electron chi connectivity index (χ1n) is 6.87. The Kier molecular flexibility index (Phi) is 2.88. The summed E-state index contributed by atoms with van der Waals surface area (Å²) in [5, 5.41) is 6.83. The molecule has 0 aliphatic heterocycles. The van der Waals surface area contributed by atoms with Gasteiger partial charge in [-0.25, -0.2) is 0 Å². The molecule has 3 rings (SSSR count). The van der Waals surface area contributed by atoms with E-state index in [0.29, 0.717) is 17.4 Å². The molecule has 2 aliphatic rings. The molecule has 0 radical (unpaired) electrons. The van der Waals surface area contributed by atoms with Gasteiger partial charge in [-0.15, -0.1) is 0 Å². The summed E-state index contributed by atoms with van der Waals surface area (Å²) >= 11 is 0. The maximum atomic E-state index is 12.0. The molecule has 98 valence electrons. The summed E-state index contributed by atoms with van der Waals surface area (Å²) in [6.45, 7) is 3.92. The van der Waals surface area contributed by atoms with Crippen LogP contribution >= 0.6 is 0 Å². The van der Waals surface area contributed by atoms with Crippen LogP contribution in [0.5, 0.6) is 0 Å². The van der Waals surface area contributed by atoms with Gasteiger partial charge in [0, 0.05) is 12.1 Å². The molecule has 0 saturated heterocycles. The molecule has 1 heterocycles. The van der Waals surface area contributed by atoms with Gasteiger partial charge in [0.25, 0.3) is 5.91 Å². The minimum atomic E-state index is -0.109. The van der Waals surface area contributed by atoms with E-state index in [1.54, 1.807) is 13.0 Å². The predicted molar refractivity (Wildman–Crippen MR) is 67.1 cm³/mol. The first kappa shape index (κ1) is 11.8. The molecule has 2 saturated carbocycles. The maximum Gasteiger partial charge on any atom is 0.273 e. The average Bonchev–Trinajstić information content (AvgIpc) is 3.03. The average molecular weight is 248 g/mol. The zero-order chi connectivity index (χ0) is 12.7. The molecular formula is C14H20N2O2. The van der Waals surface area contributed by atoms with Crippen molar-refractivity contribution in [3.8, 4) is 0 Å². The minimum Gasteiger partial charge on any atom is -0.361 e. The molecule has 1 N–H and O–H groups in total. The fraction of sp³-hybridized carbons (Fsp3) is 0.714. The number of hydrogen-bond acceptors (Lipinski definition) is 3. The lowest BCUT2D eigenvalue weighted by Crippen LogP contribution is -2.40. The third-order valence-corrected chi connectivity index (χ3v) is 4.65. The summed E-state index contributed by atoms with van der Waals surface area (Å²) in [6, 6.07) is 1.92. The zero-order valence-electron chi connectivity index (χ0n) is 11.0. The quantitative estimate of drug-likeness (QED) is 0.894. The van der Waals surface area contributed by atoms with Crippen LogP contribution in [0.1, 0.15) is 48.9 Å². The van der Waals surface area contributed by atoms with Crippen molar-refractivity contribution in [2.75, 3.05) is 0 Å². The Labute approximate surface area is 107 Å². The monoisotopic (exact) mass is 248 g/mol. The number of fused-ring (bicyclic) bond motifs is 2. The van der Waals surface area contributed by atoms with Gasteiger partial charge in [-0.2, -0.15) is 0 Å². The topological polar surface area (TPSA) is 55.1 Å². The molecule has 0 spiro atoms. The Morgan fingerprint density at radius 2 is 2.33 bits per heavy atom. The molecule has 4 nitrogen and oxygen atoms in total. The predicted octanol–water partition coefficient (Wildman–Crippen LogP) is 2.54. The van der Waals surface area contributed by atoms with Crippen LogP contribution in [0.4, 0.5) is 0 Å². The van der Waals surface area contributed by atoms with Crippen molar-refractivity contribution in [3.63, 3.8) is 0 Å². The lowest BCUT2D eigenvalue weighted by Gasteiger charge is -2.28. The summed E-state index contributed by atoms with van der Waals surface area (Å²) in [6.07, 6.45) is 5.39. The smallest absolute Gasteiger partial charge is 0.273 e. The van der Waals surface area contributed by atoms with E-state index in [2.05, 4.69) is 17.4 Å². The largest absolute Gasteiger partial charge is 0.361 e. The van der Waals surface area contributed by atoms with Crippen LogP contribution in [0.25, 0.3) is 0 Å². The van der Waals surface area contributed by atoms with E-state index in [-0.39, 0.29) is 11.9 Å². The number of aromatic nitrogens is 1. The molecule has 1 amide bonds. The van der Waals surface area contributed by atoms with Crippen LogP contribution in [0, 0.1) is 24.7 Å². The van der Waals surface area contributed by atoms with E-state index in [4.69, 9.17) is 4.52 Å². The summed E-state index contributed by atoms with van der Waals surface area (Å²) in [5.41, 5.74) is 0.391. The van der Waals surface area contributed by atoms with E-state index in [1.165, 1.54) is 25.7 Å². The van der Waals surface area contributed by atoms with Gasteiger partial charge in [-0.3, -0.25) is 4.79 Å². The van der Waals surface area contributed by atoms with Gasteiger partial charge < -0.3 is 9.84 Å². The van der Waals surface area contributed by atoms with Crippen LogP contribution in [0.3, 0.4) is 0 Å². The number of hydrogen-bond donors (Lipinski definition) is 1. The van der Waals surface area contributed by atoms with E-state index in [9.17, 15) is 4.79 Å². The number of nitrogens with zero attached hydrogens (tertiary/aromatic N) is 1. The van der Waals surface area contributed by atoms with Gasteiger partial charge in [0.1, 0.15) is 5.76 Å². The maximum absolute atomic E-state index is 12.0. The van der Waals surface area contributed by atoms with E-state index < -0.39 is 0 Å². The Hall–Kier alpha value is -1.32. The second-order valence-electron chi connectivity index (χ2n) is 5.92. The second-order valence-corrected chi connectivity index (χ2v) is 5.92. The third-order valence-electron chi connectivity index (χ3n) is 4.65. The number of carbonyl (C=O) groups is 1. The Morgan fingerprint density at radius 1 is 1.50 bits per heavy atom. The molecule has 0 unspecified atom stereocenters. The van der Waals surface area contributed by atoms with Crippen LogP contribution in [0.15, 0.2) is 10.6 Å². The minimum absolute atomic E-state index is 0.109. The fourth-order valence-corrected chi connectivity index (χ4v) is 3.77.